The van der Waals surface area contributed by atoms with Crippen molar-refractivity contribution in [3.05, 3.63) is 53.6 Å². The third-order valence-electron chi connectivity index (χ3n) is 3.73. The maximum atomic E-state index is 5.24. The number of hydrogen-bond donors (Lipinski definition) is 1. The summed E-state index contributed by atoms with van der Waals surface area (Å²) in [5, 5.41) is 3.51. The number of imidazole rings is 1. The highest BCUT2D eigenvalue weighted by atomic mass is 16.5. The normalized spacial score (nSPS) is 14.7. The van der Waals surface area contributed by atoms with Crippen molar-refractivity contribution in [1.82, 2.24) is 14.9 Å². The number of nitrogens with one attached hydrogen (secondary N) is 1. The van der Waals surface area contributed by atoms with Crippen LogP contribution < -0.4 is 5.32 Å². The highest BCUT2D eigenvalue weighted by molar-refractivity contribution is 5.26. The van der Waals surface area contributed by atoms with Crippen LogP contribution in [-0.4, -0.2) is 16.7 Å². The molecule has 1 aliphatic carbocycles. The second-order valence-corrected chi connectivity index (χ2v) is 5.33. The van der Waals surface area contributed by atoms with Crippen molar-refractivity contribution in [2.24, 2.45) is 0 Å². The maximum absolute atomic E-state index is 5.24. The zero-order chi connectivity index (χ0) is 13.8. The lowest BCUT2D eigenvalue weighted by atomic mass is 10.1. The quantitative estimate of drug-likeness (QED) is 0.841. The molecule has 1 aromatic carbocycles. The van der Waals surface area contributed by atoms with Gasteiger partial charge in [-0.15, -0.1) is 0 Å². The molecule has 0 aliphatic heterocycles. The lowest BCUT2D eigenvalue weighted by Gasteiger charge is -2.11. The van der Waals surface area contributed by atoms with Crippen LogP contribution in [0.25, 0.3) is 0 Å². The van der Waals surface area contributed by atoms with Gasteiger partial charge in [0.15, 0.2) is 0 Å². The molecule has 1 heterocycles. The van der Waals surface area contributed by atoms with E-state index in [-0.39, 0.29) is 0 Å². The fourth-order valence-electron chi connectivity index (χ4n) is 2.50. The second kappa shape index (κ2) is 6.20. The predicted molar refractivity (Wildman–Crippen MR) is 78.2 cm³/mol. The minimum absolute atomic E-state index is 0.665. The molecular weight excluding hydrogens is 250 g/mol. The van der Waals surface area contributed by atoms with Gasteiger partial charge in [0.1, 0.15) is 0 Å². The van der Waals surface area contributed by atoms with Crippen LogP contribution in [0.15, 0.2) is 36.8 Å². The zero-order valence-electron chi connectivity index (χ0n) is 11.9. The molecule has 4 heteroatoms. The summed E-state index contributed by atoms with van der Waals surface area (Å²) in [5.74, 6) is 0. The summed E-state index contributed by atoms with van der Waals surface area (Å²) in [6, 6.07) is 9.09. The summed E-state index contributed by atoms with van der Waals surface area (Å²) in [7, 11) is 1.73. The van der Waals surface area contributed by atoms with E-state index < -0.39 is 0 Å². The van der Waals surface area contributed by atoms with Crippen molar-refractivity contribution in [3.63, 3.8) is 0 Å². The van der Waals surface area contributed by atoms with Gasteiger partial charge < -0.3 is 14.6 Å². The van der Waals surface area contributed by atoms with E-state index in [4.69, 9.17) is 4.74 Å². The topological polar surface area (TPSA) is 39.1 Å². The average molecular weight is 271 g/mol. The van der Waals surface area contributed by atoms with E-state index in [0.29, 0.717) is 12.6 Å². The zero-order valence-corrected chi connectivity index (χ0v) is 11.9. The summed E-state index contributed by atoms with van der Waals surface area (Å²) >= 11 is 0. The molecule has 0 bridgehead atoms. The van der Waals surface area contributed by atoms with Crippen LogP contribution in [0.2, 0.25) is 0 Å². The van der Waals surface area contributed by atoms with Gasteiger partial charge in [-0.25, -0.2) is 4.98 Å². The molecule has 0 saturated heterocycles. The number of benzene rings is 1. The lowest BCUT2D eigenvalue weighted by molar-refractivity contribution is 0.184. The first-order chi connectivity index (χ1) is 9.88. The van der Waals surface area contributed by atoms with Crippen molar-refractivity contribution in [2.75, 3.05) is 7.11 Å². The van der Waals surface area contributed by atoms with Crippen LogP contribution in [0, 0.1) is 0 Å². The molecule has 20 heavy (non-hydrogen) atoms. The molecule has 3 rings (SSSR count). The van der Waals surface area contributed by atoms with Gasteiger partial charge in [-0.2, -0.15) is 0 Å². The Balaban J connectivity index is 1.58. The molecule has 1 fully saturated rings. The Morgan fingerprint density at radius 2 is 2.05 bits per heavy atom. The molecule has 2 aromatic rings. The van der Waals surface area contributed by atoms with Crippen molar-refractivity contribution < 1.29 is 4.74 Å². The molecule has 0 unspecified atom stereocenters. The van der Waals surface area contributed by atoms with Crippen LogP contribution in [0.4, 0.5) is 0 Å². The van der Waals surface area contributed by atoms with Crippen molar-refractivity contribution in [2.45, 2.75) is 38.6 Å². The summed E-state index contributed by atoms with van der Waals surface area (Å²) in [4.78, 5) is 4.26. The largest absolute Gasteiger partial charge is 0.380 e. The Morgan fingerprint density at radius 1 is 1.25 bits per heavy atom. The average Bonchev–Trinajstić information content (AvgIpc) is 3.21. The lowest BCUT2D eigenvalue weighted by Crippen LogP contribution is -2.16. The smallest absolute Gasteiger partial charge is 0.0951 e. The maximum Gasteiger partial charge on any atom is 0.0951 e. The first-order valence-electron chi connectivity index (χ1n) is 7.15. The molecular formula is C16H21N3O. The number of rotatable bonds is 7. The molecule has 0 amide bonds. The van der Waals surface area contributed by atoms with Crippen molar-refractivity contribution in [1.29, 1.82) is 0 Å². The summed E-state index contributed by atoms with van der Waals surface area (Å²) in [6.07, 6.45) is 6.50. The fourth-order valence-corrected chi connectivity index (χ4v) is 2.50. The van der Waals surface area contributed by atoms with Gasteiger partial charge >= 0.3 is 0 Å². The van der Waals surface area contributed by atoms with Gasteiger partial charge in [-0.1, -0.05) is 24.3 Å². The standard InChI is InChI=1S/C16H21N3O/c1-20-11-14-5-3-2-4-13(14)8-17-9-16-10-18-12-19(16)15-6-7-15/h2-5,10,12,15,17H,6-9,11H2,1H3. The molecule has 1 aromatic heterocycles. The van der Waals surface area contributed by atoms with E-state index in [1.807, 2.05) is 12.5 Å². The highest BCUT2D eigenvalue weighted by Crippen LogP contribution is 2.35. The van der Waals surface area contributed by atoms with Gasteiger partial charge in [-0.3, -0.25) is 0 Å². The monoisotopic (exact) mass is 271 g/mol. The second-order valence-electron chi connectivity index (χ2n) is 5.33. The van der Waals surface area contributed by atoms with Gasteiger partial charge in [0, 0.05) is 32.4 Å². The van der Waals surface area contributed by atoms with Crippen LogP contribution >= 0.6 is 0 Å². The Labute approximate surface area is 119 Å². The van der Waals surface area contributed by atoms with Crippen LogP contribution in [0.5, 0.6) is 0 Å². The highest BCUT2D eigenvalue weighted by Gasteiger charge is 2.24. The minimum atomic E-state index is 0.665. The van der Waals surface area contributed by atoms with E-state index in [9.17, 15) is 0 Å². The number of hydrogen-bond acceptors (Lipinski definition) is 3. The molecule has 1 aliphatic rings. The van der Waals surface area contributed by atoms with Crippen LogP contribution in [0.3, 0.4) is 0 Å². The third-order valence-corrected chi connectivity index (χ3v) is 3.73. The van der Waals surface area contributed by atoms with E-state index in [0.717, 1.165) is 13.1 Å². The summed E-state index contributed by atoms with van der Waals surface area (Å²) in [6.45, 7) is 2.38. The van der Waals surface area contributed by atoms with Gasteiger partial charge in [0.05, 0.1) is 18.6 Å². The van der Waals surface area contributed by atoms with Gasteiger partial charge in [0.25, 0.3) is 0 Å². The Morgan fingerprint density at radius 3 is 2.80 bits per heavy atom. The Bertz CT molecular complexity index is 560. The molecule has 1 saturated carbocycles. The van der Waals surface area contributed by atoms with E-state index in [1.54, 1.807) is 7.11 Å². The predicted octanol–water partition coefficient (Wildman–Crippen LogP) is 2.65. The number of methoxy groups -OCH3 is 1. The molecule has 0 atom stereocenters. The minimum Gasteiger partial charge on any atom is -0.380 e. The van der Waals surface area contributed by atoms with E-state index in [1.165, 1.54) is 29.7 Å². The molecule has 4 nitrogen and oxygen atoms in total. The molecule has 1 N–H and O–H groups in total. The van der Waals surface area contributed by atoms with Crippen LogP contribution in [0.1, 0.15) is 35.7 Å². The van der Waals surface area contributed by atoms with Gasteiger partial charge in [-0.05, 0) is 24.0 Å². The van der Waals surface area contributed by atoms with E-state index >= 15 is 0 Å². The Hall–Kier alpha value is -1.65. The summed E-state index contributed by atoms with van der Waals surface area (Å²) in [5.41, 5.74) is 3.82. The van der Waals surface area contributed by atoms with E-state index in [2.05, 4.69) is 39.1 Å². The van der Waals surface area contributed by atoms with Gasteiger partial charge in [0.2, 0.25) is 0 Å². The number of aromatic nitrogens is 2. The SMILES string of the molecule is COCc1ccccc1CNCc1cncn1C1CC1. The fraction of sp³-hybridized carbons (Fsp3) is 0.438. The van der Waals surface area contributed by atoms with Crippen molar-refractivity contribution >= 4 is 0 Å². The first-order valence-corrected chi connectivity index (χ1v) is 7.15. The third kappa shape index (κ3) is 3.08. The number of ether oxygens (including phenoxy) is 1. The summed E-state index contributed by atoms with van der Waals surface area (Å²) < 4.78 is 7.54. The first kappa shape index (κ1) is 13.3. The molecule has 0 spiro atoms. The van der Waals surface area contributed by atoms with Crippen LogP contribution in [-0.2, 0) is 24.4 Å². The molecule has 106 valence electrons. The van der Waals surface area contributed by atoms with Crippen molar-refractivity contribution in [3.8, 4) is 0 Å². The Kier molecular flexibility index (Phi) is 4.14. The number of nitrogens with zero attached hydrogens (tertiary/aromatic N) is 2. The molecule has 0 radical (unpaired) electrons.